The maximum atomic E-state index is 13.4. The van der Waals surface area contributed by atoms with E-state index in [0.29, 0.717) is 12.0 Å². The van der Waals surface area contributed by atoms with Crippen LogP contribution in [0, 0.1) is 0 Å². The number of alkyl halides is 6. The zero-order chi connectivity index (χ0) is 33.0. The van der Waals surface area contributed by atoms with Gasteiger partial charge in [0.1, 0.15) is 5.75 Å². The van der Waals surface area contributed by atoms with Crippen LogP contribution in [-0.4, -0.2) is 65.3 Å². The summed E-state index contributed by atoms with van der Waals surface area (Å²) in [6.07, 6.45) is -9.33. The molecule has 2 rings (SSSR count). The van der Waals surface area contributed by atoms with Crippen LogP contribution in [0.3, 0.4) is 0 Å². The summed E-state index contributed by atoms with van der Waals surface area (Å²) in [7, 11) is -8.50. The number of halogens is 6. The number of benzene rings is 2. The summed E-state index contributed by atoms with van der Waals surface area (Å²) in [6, 6.07) is 9.45. The Morgan fingerprint density at radius 3 is 1.52 bits per heavy atom. The third-order valence-corrected chi connectivity index (χ3v) is 7.67. The molecule has 0 saturated carbocycles. The lowest BCUT2D eigenvalue weighted by molar-refractivity contribution is -0.0606. The van der Waals surface area contributed by atoms with Gasteiger partial charge in [0.05, 0.1) is 31.3 Å². The molecule has 0 fully saturated rings. The highest BCUT2D eigenvalue weighted by atomic mass is 32.2. The molecule has 0 saturated heterocycles. The molecule has 0 bridgehead atoms. The average molecular weight is 677 g/mol. The molecule has 0 aromatic heterocycles. The smallest absolute Gasteiger partial charge is 0.437 e. The molecule has 2 aromatic carbocycles. The Hall–Kier alpha value is -3.38. The van der Waals surface area contributed by atoms with Crippen LogP contribution in [0.2, 0.25) is 0 Å². The number of oxime groups is 2. The van der Waals surface area contributed by atoms with E-state index in [9.17, 15) is 43.2 Å². The second-order valence-electron chi connectivity index (χ2n) is 9.02. The minimum absolute atomic E-state index is 0.0322. The molecule has 0 atom stereocenters. The Morgan fingerprint density at radius 2 is 1.11 bits per heavy atom. The van der Waals surface area contributed by atoms with Gasteiger partial charge in [-0.05, 0) is 42.7 Å². The van der Waals surface area contributed by atoms with E-state index >= 15 is 0 Å². The minimum atomic E-state index is -4.98. The Labute approximate surface area is 250 Å². The molecule has 0 spiro atoms. The second kappa shape index (κ2) is 16.1. The van der Waals surface area contributed by atoms with Crippen molar-refractivity contribution in [3.63, 3.8) is 0 Å². The molecule has 44 heavy (non-hydrogen) atoms. The predicted molar refractivity (Wildman–Crippen MR) is 148 cm³/mol. The number of nitrogens with zero attached hydrogens (tertiary/aromatic N) is 2. The molecule has 0 heterocycles. The monoisotopic (exact) mass is 676 g/mol. The number of hydrogen-bond donors (Lipinski definition) is 0. The third kappa shape index (κ3) is 12.7. The molecule has 10 nitrogen and oxygen atoms in total. The highest BCUT2D eigenvalue weighted by molar-refractivity contribution is 7.86. The van der Waals surface area contributed by atoms with Gasteiger partial charge in [0, 0.05) is 17.5 Å². The van der Waals surface area contributed by atoms with E-state index in [-0.39, 0.29) is 38.4 Å². The van der Waals surface area contributed by atoms with Crippen LogP contribution >= 0.6 is 0 Å². The molecule has 0 aliphatic rings. The number of hydrogen-bond acceptors (Lipinski definition) is 10. The summed E-state index contributed by atoms with van der Waals surface area (Å²) >= 11 is 0. The normalized spacial score (nSPS) is 13.5. The first-order chi connectivity index (χ1) is 20.5. The maximum Gasteiger partial charge on any atom is 0.437 e. The first kappa shape index (κ1) is 36.8. The number of ether oxygens (including phenoxy) is 2. The van der Waals surface area contributed by atoms with Crippen molar-refractivity contribution in [1.82, 2.24) is 0 Å². The fraction of sp³-hybridized carbons (Fsp3) is 0.462. The van der Waals surface area contributed by atoms with Crippen LogP contribution in [0.15, 0.2) is 58.8 Å². The van der Waals surface area contributed by atoms with Crippen molar-refractivity contribution in [2.75, 3.05) is 24.7 Å². The lowest BCUT2D eigenvalue weighted by Crippen LogP contribution is -2.25. The topological polar surface area (TPSA) is 130 Å². The lowest BCUT2D eigenvalue weighted by atomic mass is 10.1. The molecule has 246 valence electrons. The summed E-state index contributed by atoms with van der Waals surface area (Å²) in [6.45, 7) is 3.35. The van der Waals surface area contributed by atoms with Crippen LogP contribution in [0.4, 0.5) is 26.3 Å². The second-order valence-corrected chi connectivity index (χ2v) is 12.4. The standard InChI is InChI=1S/C26H30F6N2O8S2/c1-3-16-43(35,36)41-33-23(25(27,28)29)20-8-6-19(7-9-20)18-39-14-5-15-40-22-12-10-21(11-13-22)24(26(30,31)32)34-42-44(37,38)17-4-2/h6-13H,3-5,14-18H2,1-2H3/b33-23-,34-24-. The van der Waals surface area contributed by atoms with Gasteiger partial charge in [-0.25, -0.2) is 0 Å². The summed E-state index contributed by atoms with van der Waals surface area (Å²) in [5.74, 6) is -0.759. The van der Waals surface area contributed by atoms with Crippen LogP contribution in [-0.2, 0) is 40.1 Å². The zero-order valence-electron chi connectivity index (χ0n) is 23.5. The fourth-order valence-electron chi connectivity index (χ4n) is 3.31. The van der Waals surface area contributed by atoms with Crippen molar-refractivity contribution in [3.05, 3.63) is 65.2 Å². The van der Waals surface area contributed by atoms with Gasteiger partial charge < -0.3 is 9.47 Å². The molecule has 18 heteroatoms. The van der Waals surface area contributed by atoms with Crippen LogP contribution in [0.5, 0.6) is 5.75 Å². The van der Waals surface area contributed by atoms with Crippen molar-refractivity contribution in [3.8, 4) is 5.75 Å². The largest absolute Gasteiger partial charge is 0.494 e. The molecule has 0 aliphatic carbocycles. The van der Waals surface area contributed by atoms with E-state index < -0.39 is 66.6 Å². The van der Waals surface area contributed by atoms with Crippen molar-refractivity contribution < 1.29 is 61.2 Å². The van der Waals surface area contributed by atoms with Crippen molar-refractivity contribution in [2.24, 2.45) is 10.3 Å². The van der Waals surface area contributed by atoms with E-state index in [1.54, 1.807) is 0 Å². The molecule has 0 amide bonds. The molecular formula is C26H30F6N2O8S2. The Balaban J connectivity index is 1.88. The highest BCUT2D eigenvalue weighted by Crippen LogP contribution is 2.26. The first-order valence-corrected chi connectivity index (χ1v) is 16.2. The molecule has 0 radical (unpaired) electrons. The molecule has 0 aliphatic heterocycles. The highest BCUT2D eigenvalue weighted by Gasteiger charge is 2.39. The van der Waals surface area contributed by atoms with E-state index in [4.69, 9.17) is 9.47 Å². The summed E-state index contributed by atoms with van der Waals surface area (Å²) < 4.78 is 146. The van der Waals surface area contributed by atoms with E-state index in [2.05, 4.69) is 18.9 Å². The van der Waals surface area contributed by atoms with Crippen LogP contribution in [0.1, 0.15) is 49.8 Å². The molecular weight excluding hydrogens is 646 g/mol. The van der Waals surface area contributed by atoms with Gasteiger partial charge in [-0.15, -0.1) is 0 Å². The van der Waals surface area contributed by atoms with Gasteiger partial charge in [-0.2, -0.15) is 43.2 Å². The van der Waals surface area contributed by atoms with Crippen molar-refractivity contribution in [1.29, 1.82) is 0 Å². The van der Waals surface area contributed by atoms with Gasteiger partial charge in [-0.1, -0.05) is 48.4 Å². The lowest BCUT2D eigenvalue weighted by Gasteiger charge is -2.12. The molecule has 0 N–H and O–H groups in total. The van der Waals surface area contributed by atoms with E-state index in [0.717, 1.165) is 24.3 Å². The average Bonchev–Trinajstić information content (AvgIpc) is 2.90. The summed E-state index contributed by atoms with van der Waals surface area (Å²) in [4.78, 5) is 0. The van der Waals surface area contributed by atoms with Gasteiger partial charge in [-0.3, -0.25) is 8.57 Å². The fourth-order valence-corrected chi connectivity index (χ4v) is 4.83. The maximum absolute atomic E-state index is 13.4. The number of rotatable bonds is 17. The van der Waals surface area contributed by atoms with Gasteiger partial charge in [0.25, 0.3) is 0 Å². The van der Waals surface area contributed by atoms with Gasteiger partial charge >= 0.3 is 32.6 Å². The zero-order valence-corrected chi connectivity index (χ0v) is 25.2. The summed E-state index contributed by atoms with van der Waals surface area (Å²) in [5, 5.41) is 5.64. The van der Waals surface area contributed by atoms with Crippen molar-refractivity contribution in [2.45, 2.75) is 52.1 Å². The minimum Gasteiger partial charge on any atom is -0.494 e. The van der Waals surface area contributed by atoms with Gasteiger partial charge in [0.2, 0.25) is 0 Å². The van der Waals surface area contributed by atoms with Gasteiger partial charge in [0.15, 0.2) is 11.4 Å². The Morgan fingerprint density at radius 1 is 0.682 bits per heavy atom. The first-order valence-electron chi connectivity index (χ1n) is 13.0. The summed E-state index contributed by atoms with van der Waals surface area (Å²) in [5.41, 5.74) is -3.37. The van der Waals surface area contributed by atoms with Crippen LogP contribution in [0.25, 0.3) is 0 Å². The predicted octanol–water partition coefficient (Wildman–Crippen LogP) is 5.72. The third-order valence-electron chi connectivity index (χ3n) is 5.26. The Bertz CT molecular complexity index is 1360. The van der Waals surface area contributed by atoms with Crippen LogP contribution < -0.4 is 4.74 Å². The van der Waals surface area contributed by atoms with Crippen molar-refractivity contribution >= 4 is 31.7 Å². The molecule has 0 unspecified atom stereocenters. The molecule has 2 aromatic rings. The quantitative estimate of drug-likeness (QED) is 0.0901. The Kier molecular flexibility index (Phi) is 13.5. The van der Waals surface area contributed by atoms with E-state index in [1.165, 1.54) is 38.1 Å². The van der Waals surface area contributed by atoms with E-state index in [1.807, 2.05) is 0 Å². The SMILES string of the molecule is CCCS(=O)(=O)O/N=C(/c1ccc(COCCCOc2ccc(/C(=N/OS(=O)(=O)CCC)C(F)(F)F)cc2)cc1)C(F)(F)F.